The molecule has 4 nitrogen and oxygen atoms in total. The molecule has 0 aromatic heterocycles. The molecule has 0 radical (unpaired) electrons. The summed E-state index contributed by atoms with van der Waals surface area (Å²) in [4.78, 5) is 11.1. The predicted molar refractivity (Wildman–Crippen MR) is 109 cm³/mol. The molecular weight excluding hydrogens is 397 g/mol. The van der Waals surface area contributed by atoms with Gasteiger partial charge in [0.1, 0.15) is 11.5 Å². The molecule has 7 heteroatoms. The van der Waals surface area contributed by atoms with Gasteiger partial charge in [-0.15, -0.1) is 13.2 Å². The number of benzene rings is 1. The number of ether oxygens (including phenoxy) is 2. The number of aromatic carboxylic acids is 1. The van der Waals surface area contributed by atoms with Crippen LogP contribution in [0.2, 0.25) is 0 Å². The zero-order chi connectivity index (χ0) is 22.2. The van der Waals surface area contributed by atoms with Gasteiger partial charge < -0.3 is 19.4 Å². The van der Waals surface area contributed by atoms with Gasteiger partial charge in [0.15, 0.2) is 0 Å². The Labute approximate surface area is 177 Å². The largest absolute Gasteiger partial charge is 0.573 e. The Morgan fingerprint density at radius 2 is 1.37 bits per heavy atom. The lowest BCUT2D eigenvalue weighted by Crippen LogP contribution is -2.23. The number of hydrogen-bond donors (Lipinski definition) is 0. The SMILES string of the molecule is CCCCCCCCCCCCCCCOc1cc(OC(F)(F)F)ccc1C(=O)[O-]. The molecule has 172 valence electrons. The van der Waals surface area contributed by atoms with Crippen molar-refractivity contribution in [2.24, 2.45) is 0 Å². The van der Waals surface area contributed by atoms with Crippen molar-refractivity contribution in [2.75, 3.05) is 6.61 Å². The zero-order valence-corrected chi connectivity index (χ0v) is 17.9. The Bertz CT molecular complexity index is 603. The van der Waals surface area contributed by atoms with Crippen molar-refractivity contribution >= 4 is 5.97 Å². The average Bonchev–Trinajstić information content (AvgIpc) is 2.67. The van der Waals surface area contributed by atoms with Crippen LogP contribution in [-0.2, 0) is 0 Å². The molecular formula is C23H34F3O4-. The molecule has 0 unspecified atom stereocenters. The van der Waals surface area contributed by atoms with E-state index < -0.39 is 18.1 Å². The zero-order valence-electron chi connectivity index (χ0n) is 17.9. The maximum Gasteiger partial charge on any atom is 0.573 e. The van der Waals surface area contributed by atoms with Crippen molar-refractivity contribution in [3.05, 3.63) is 23.8 Å². The van der Waals surface area contributed by atoms with Crippen LogP contribution in [0.1, 0.15) is 101 Å². The van der Waals surface area contributed by atoms with Gasteiger partial charge in [-0.05, 0) is 18.6 Å². The summed E-state index contributed by atoms with van der Waals surface area (Å²) >= 11 is 0. The van der Waals surface area contributed by atoms with Crippen LogP contribution >= 0.6 is 0 Å². The predicted octanol–water partition coefficient (Wildman–Crippen LogP) is 6.42. The van der Waals surface area contributed by atoms with Crippen LogP contribution in [0.3, 0.4) is 0 Å². The van der Waals surface area contributed by atoms with E-state index in [2.05, 4.69) is 11.7 Å². The van der Waals surface area contributed by atoms with E-state index in [1.807, 2.05) is 0 Å². The number of alkyl halides is 3. The third kappa shape index (κ3) is 12.6. The number of carbonyl (C=O) groups excluding carboxylic acids is 1. The average molecular weight is 432 g/mol. The molecule has 0 amide bonds. The van der Waals surface area contributed by atoms with E-state index in [9.17, 15) is 23.1 Å². The third-order valence-corrected chi connectivity index (χ3v) is 4.91. The van der Waals surface area contributed by atoms with E-state index in [0.717, 1.165) is 37.5 Å². The molecule has 1 aromatic carbocycles. The molecule has 0 spiro atoms. The summed E-state index contributed by atoms with van der Waals surface area (Å²) in [6.45, 7) is 2.45. The van der Waals surface area contributed by atoms with Crippen LogP contribution in [0.25, 0.3) is 0 Å². The lowest BCUT2D eigenvalue weighted by molar-refractivity contribution is -0.274. The van der Waals surface area contributed by atoms with E-state index in [1.165, 1.54) is 57.8 Å². The molecule has 0 aliphatic rings. The van der Waals surface area contributed by atoms with Crippen LogP contribution in [-0.4, -0.2) is 18.9 Å². The maximum atomic E-state index is 12.3. The van der Waals surface area contributed by atoms with Gasteiger partial charge in [-0.25, -0.2) is 0 Å². The van der Waals surface area contributed by atoms with Gasteiger partial charge in [-0.1, -0.05) is 84.0 Å². The molecule has 0 fully saturated rings. The minimum Gasteiger partial charge on any atom is -0.545 e. The summed E-state index contributed by atoms with van der Waals surface area (Å²) in [5.41, 5.74) is -0.292. The summed E-state index contributed by atoms with van der Waals surface area (Å²) in [5.74, 6) is -2.20. The van der Waals surface area contributed by atoms with Gasteiger partial charge in [0.25, 0.3) is 0 Å². The highest BCUT2D eigenvalue weighted by molar-refractivity contribution is 5.89. The lowest BCUT2D eigenvalue weighted by Gasteiger charge is -2.15. The third-order valence-electron chi connectivity index (χ3n) is 4.91. The molecule has 0 atom stereocenters. The number of hydrogen-bond acceptors (Lipinski definition) is 4. The van der Waals surface area contributed by atoms with Gasteiger partial charge in [0.05, 0.1) is 12.6 Å². The van der Waals surface area contributed by atoms with Crippen LogP contribution in [0, 0.1) is 0 Å². The minimum atomic E-state index is -4.85. The van der Waals surface area contributed by atoms with Crippen LogP contribution in [0.4, 0.5) is 13.2 Å². The fourth-order valence-electron chi connectivity index (χ4n) is 3.29. The Hall–Kier alpha value is -1.92. The van der Waals surface area contributed by atoms with Gasteiger partial charge in [-0.3, -0.25) is 0 Å². The van der Waals surface area contributed by atoms with Gasteiger partial charge in [0, 0.05) is 11.6 Å². The van der Waals surface area contributed by atoms with Crippen molar-refractivity contribution < 1.29 is 32.5 Å². The van der Waals surface area contributed by atoms with Crippen LogP contribution < -0.4 is 14.6 Å². The fourth-order valence-corrected chi connectivity index (χ4v) is 3.29. The summed E-state index contributed by atoms with van der Waals surface area (Å²) in [5, 5.41) is 11.1. The van der Waals surface area contributed by atoms with Gasteiger partial charge >= 0.3 is 6.36 Å². The van der Waals surface area contributed by atoms with E-state index in [1.54, 1.807) is 0 Å². The Kier molecular flexibility index (Phi) is 13.0. The number of carboxylic acids is 1. The normalized spacial score (nSPS) is 11.5. The highest BCUT2D eigenvalue weighted by atomic mass is 19.4. The second-order valence-electron chi connectivity index (χ2n) is 7.58. The number of rotatable bonds is 17. The second-order valence-corrected chi connectivity index (χ2v) is 7.58. The van der Waals surface area contributed by atoms with E-state index >= 15 is 0 Å². The number of halogens is 3. The Morgan fingerprint density at radius 1 is 0.867 bits per heavy atom. The summed E-state index contributed by atoms with van der Waals surface area (Å²) < 4.78 is 46.2. The molecule has 0 saturated carbocycles. The van der Waals surface area contributed by atoms with Crippen molar-refractivity contribution in [3.8, 4) is 11.5 Å². The van der Waals surface area contributed by atoms with Crippen molar-refractivity contribution in [1.29, 1.82) is 0 Å². The Balaban J connectivity index is 2.17. The molecule has 0 aliphatic carbocycles. The first-order valence-electron chi connectivity index (χ1n) is 11.1. The van der Waals surface area contributed by atoms with Gasteiger partial charge in [0.2, 0.25) is 0 Å². The Morgan fingerprint density at radius 3 is 1.83 bits per heavy atom. The number of carbonyl (C=O) groups is 1. The highest BCUT2D eigenvalue weighted by Crippen LogP contribution is 2.29. The minimum absolute atomic E-state index is 0.171. The first kappa shape index (κ1) is 26.1. The molecule has 0 saturated heterocycles. The fraction of sp³-hybridized carbons (Fsp3) is 0.696. The van der Waals surface area contributed by atoms with Crippen molar-refractivity contribution in [2.45, 2.75) is 96.8 Å². The molecule has 0 heterocycles. The summed E-state index contributed by atoms with van der Waals surface area (Å²) in [6, 6.07) is 2.85. The molecule has 1 rings (SSSR count). The first-order chi connectivity index (χ1) is 14.3. The monoisotopic (exact) mass is 431 g/mol. The van der Waals surface area contributed by atoms with E-state index in [4.69, 9.17) is 4.74 Å². The quantitative estimate of drug-likeness (QED) is 0.267. The standard InChI is InChI=1S/C23H35F3O4/c1-2-3-4-5-6-7-8-9-10-11-12-13-14-17-29-21-18-19(30-23(24,25)26)15-16-20(21)22(27)28/h15-16,18H,2-14,17H2,1H3,(H,27,28)/p-1. The van der Waals surface area contributed by atoms with Gasteiger partial charge in [-0.2, -0.15) is 0 Å². The summed E-state index contributed by atoms with van der Waals surface area (Å²) in [7, 11) is 0. The topological polar surface area (TPSA) is 58.6 Å². The second kappa shape index (κ2) is 15.0. The summed E-state index contributed by atoms with van der Waals surface area (Å²) in [6.07, 6.45) is 10.7. The highest BCUT2D eigenvalue weighted by Gasteiger charge is 2.31. The van der Waals surface area contributed by atoms with Crippen LogP contribution in [0.5, 0.6) is 11.5 Å². The molecule has 0 N–H and O–H groups in total. The smallest absolute Gasteiger partial charge is 0.545 e. The first-order valence-corrected chi connectivity index (χ1v) is 11.1. The molecule has 1 aromatic rings. The van der Waals surface area contributed by atoms with Crippen LogP contribution in [0.15, 0.2) is 18.2 Å². The lowest BCUT2D eigenvalue weighted by atomic mass is 10.0. The van der Waals surface area contributed by atoms with Crippen molar-refractivity contribution in [3.63, 3.8) is 0 Å². The number of carboxylic acid groups (broad SMARTS) is 1. The molecule has 30 heavy (non-hydrogen) atoms. The molecule has 0 bridgehead atoms. The van der Waals surface area contributed by atoms with Crippen molar-refractivity contribution in [1.82, 2.24) is 0 Å². The molecule has 0 aliphatic heterocycles. The van der Waals surface area contributed by atoms with E-state index in [-0.39, 0.29) is 17.9 Å². The maximum absolute atomic E-state index is 12.3. The number of unbranched alkanes of at least 4 members (excludes halogenated alkanes) is 12. The van der Waals surface area contributed by atoms with E-state index in [0.29, 0.717) is 6.42 Å².